The summed E-state index contributed by atoms with van der Waals surface area (Å²) in [6.45, 7) is 0. The molecular weight excluding hydrogens is 365 g/mol. The second-order valence-electron chi connectivity index (χ2n) is 4.94. The van der Waals surface area contributed by atoms with Crippen molar-refractivity contribution in [3.63, 3.8) is 0 Å². The fourth-order valence-electron chi connectivity index (χ4n) is 2.54. The highest BCUT2D eigenvalue weighted by atomic mass is 127. The topological polar surface area (TPSA) is 40.5 Å². The number of hydrogen-bond acceptors (Lipinski definition) is 2. The van der Waals surface area contributed by atoms with Crippen molar-refractivity contribution < 1.29 is 9.90 Å². The SMILES string of the molecule is CN1C(=O)Cc2cc(C(O)c3ccccc3I)ccc21. The van der Waals surface area contributed by atoms with E-state index in [0.717, 1.165) is 25.9 Å². The Balaban J connectivity index is 1.99. The Bertz CT molecular complexity index is 684. The highest BCUT2D eigenvalue weighted by molar-refractivity contribution is 14.1. The molecule has 0 aliphatic carbocycles. The first-order chi connectivity index (χ1) is 9.58. The molecule has 1 N–H and O–H groups in total. The molecule has 1 amide bonds. The van der Waals surface area contributed by atoms with Crippen molar-refractivity contribution in [3.8, 4) is 0 Å². The number of fused-ring (bicyclic) bond motifs is 1. The molecule has 0 aromatic heterocycles. The van der Waals surface area contributed by atoms with E-state index in [1.807, 2.05) is 42.5 Å². The van der Waals surface area contributed by atoms with E-state index in [1.165, 1.54) is 0 Å². The van der Waals surface area contributed by atoms with E-state index >= 15 is 0 Å². The molecule has 0 spiro atoms. The number of carbonyl (C=O) groups is 1. The van der Waals surface area contributed by atoms with Crippen LogP contribution in [0.25, 0.3) is 0 Å². The summed E-state index contributed by atoms with van der Waals surface area (Å²) in [7, 11) is 1.78. The Labute approximate surface area is 131 Å². The van der Waals surface area contributed by atoms with Gasteiger partial charge in [-0.25, -0.2) is 0 Å². The average Bonchev–Trinajstić information content (AvgIpc) is 2.73. The lowest BCUT2D eigenvalue weighted by molar-refractivity contribution is -0.117. The van der Waals surface area contributed by atoms with E-state index in [2.05, 4.69) is 22.6 Å². The molecule has 0 bridgehead atoms. The van der Waals surface area contributed by atoms with Crippen molar-refractivity contribution in [2.24, 2.45) is 0 Å². The number of rotatable bonds is 2. The van der Waals surface area contributed by atoms with Gasteiger partial charge in [0.1, 0.15) is 6.10 Å². The molecule has 1 heterocycles. The van der Waals surface area contributed by atoms with Crippen molar-refractivity contribution >= 4 is 34.2 Å². The molecule has 0 radical (unpaired) electrons. The number of anilines is 1. The highest BCUT2D eigenvalue weighted by Gasteiger charge is 2.25. The Kier molecular flexibility index (Phi) is 3.52. The molecule has 1 atom stereocenters. The van der Waals surface area contributed by atoms with Crippen LogP contribution >= 0.6 is 22.6 Å². The predicted octanol–water partition coefficient (Wildman–Crippen LogP) is 2.89. The molecule has 0 saturated carbocycles. The minimum Gasteiger partial charge on any atom is -0.384 e. The van der Waals surface area contributed by atoms with Crippen LogP contribution in [0.2, 0.25) is 0 Å². The fraction of sp³-hybridized carbons (Fsp3) is 0.188. The summed E-state index contributed by atoms with van der Waals surface area (Å²) in [6.07, 6.45) is -0.243. The van der Waals surface area contributed by atoms with Gasteiger partial charge in [0.15, 0.2) is 0 Å². The zero-order valence-electron chi connectivity index (χ0n) is 11.0. The van der Waals surface area contributed by atoms with E-state index in [0.29, 0.717) is 6.42 Å². The third-order valence-corrected chi connectivity index (χ3v) is 4.68. The molecule has 4 heteroatoms. The van der Waals surface area contributed by atoms with Gasteiger partial charge in [-0.05, 0) is 51.4 Å². The summed E-state index contributed by atoms with van der Waals surface area (Å²) >= 11 is 2.22. The molecule has 1 aliphatic rings. The molecular formula is C16H14INO2. The first-order valence-corrected chi connectivity index (χ1v) is 7.47. The normalized spacial score (nSPS) is 15.3. The van der Waals surface area contributed by atoms with Gasteiger partial charge in [-0.3, -0.25) is 4.79 Å². The second-order valence-corrected chi connectivity index (χ2v) is 6.10. The van der Waals surface area contributed by atoms with Crippen LogP contribution in [-0.2, 0) is 11.2 Å². The maximum Gasteiger partial charge on any atom is 0.231 e. The minimum absolute atomic E-state index is 0.0981. The number of aliphatic hydroxyl groups is 1. The zero-order valence-corrected chi connectivity index (χ0v) is 13.2. The van der Waals surface area contributed by atoms with Crippen molar-refractivity contribution in [3.05, 3.63) is 62.7 Å². The van der Waals surface area contributed by atoms with Gasteiger partial charge in [0, 0.05) is 16.3 Å². The van der Waals surface area contributed by atoms with Crippen LogP contribution in [0.4, 0.5) is 5.69 Å². The summed E-state index contributed by atoms with van der Waals surface area (Å²) in [5, 5.41) is 10.5. The van der Waals surface area contributed by atoms with Gasteiger partial charge >= 0.3 is 0 Å². The van der Waals surface area contributed by atoms with Crippen LogP contribution in [0.3, 0.4) is 0 Å². The van der Waals surface area contributed by atoms with Gasteiger partial charge in [-0.15, -0.1) is 0 Å². The first kappa shape index (κ1) is 13.6. The van der Waals surface area contributed by atoms with E-state index in [-0.39, 0.29) is 5.91 Å². The van der Waals surface area contributed by atoms with Gasteiger partial charge in [0.05, 0.1) is 6.42 Å². The van der Waals surface area contributed by atoms with Gasteiger partial charge < -0.3 is 10.0 Å². The predicted molar refractivity (Wildman–Crippen MR) is 86.8 cm³/mol. The summed E-state index contributed by atoms with van der Waals surface area (Å²) < 4.78 is 1.03. The molecule has 2 aromatic rings. The number of likely N-dealkylation sites (N-methyl/N-ethyl adjacent to an activating group) is 1. The number of hydrogen-bond donors (Lipinski definition) is 1. The van der Waals surface area contributed by atoms with E-state index < -0.39 is 6.10 Å². The summed E-state index contributed by atoms with van der Waals surface area (Å²) in [5.41, 5.74) is 3.65. The number of benzene rings is 2. The minimum atomic E-state index is -0.658. The van der Waals surface area contributed by atoms with Crippen LogP contribution in [0.15, 0.2) is 42.5 Å². The van der Waals surface area contributed by atoms with Crippen LogP contribution < -0.4 is 4.90 Å². The first-order valence-electron chi connectivity index (χ1n) is 6.40. The number of carbonyl (C=O) groups excluding carboxylic acids is 1. The van der Waals surface area contributed by atoms with Crippen molar-refractivity contribution in [1.29, 1.82) is 0 Å². The van der Waals surface area contributed by atoms with E-state index in [1.54, 1.807) is 11.9 Å². The molecule has 2 aromatic carbocycles. The Morgan fingerprint density at radius 1 is 1.25 bits per heavy atom. The number of nitrogens with zero attached hydrogens (tertiary/aromatic N) is 1. The fourth-order valence-corrected chi connectivity index (χ4v) is 3.22. The van der Waals surface area contributed by atoms with Gasteiger partial charge in [-0.2, -0.15) is 0 Å². The van der Waals surface area contributed by atoms with Crippen LogP contribution in [-0.4, -0.2) is 18.1 Å². The average molecular weight is 379 g/mol. The third-order valence-electron chi connectivity index (χ3n) is 3.70. The third kappa shape index (κ3) is 2.23. The zero-order chi connectivity index (χ0) is 14.3. The Hall–Kier alpha value is -1.40. The highest BCUT2D eigenvalue weighted by Crippen LogP contribution is 2.33. The monoisotopic (exact) mass is 379 g/mol. The molecule has 3 rings (SSSR count). The summed E-state index contributed by atoms with van der Waals surface area (Å²) in [6, 6.07) is 13.5. The molecule has 0 fully saturated rings. The number of halogens is 1. The summed E-state index contributed by atoms with van der Waals surface area (Å²) in [5.74, 6) is 0.0981. The molecule has 20 heavy (non-hydrogen) atoms. The lowest BCUT2D eigenvalue weighted by atomic mass is 9.99. The van der Waals surface area contributed by atoms with Crippen LogP contribution in [0, 0.1) is 3.57 Å². The Morgan fingerprint density at radius 2 is 2.00 bits per heavy atom. The van der Waals surface area contributed by atoms with Gasteiger partial charge in [0.25, 0.3) is 0 Å². The smallest absolute Gasteiger partial charge is 0.231 e. The Morgan fingerprint density at radius 3 is 2.75 bits per heavy atom. The lowest BCUT2D eigenvalue weighted by Gasteiger charge is -2.15. The molecule has 102 valence electrons. The molecule has 1 unspecified atom stereocenters. The van der Waals surface area contributed by atoms with Crippen LogP contribution in [0.1, 0.15) is 22.8 Å². The largest absolute Gasteiger partial charge is 0.384 e. The molecule has 3 nitrogen and oxygen atoms in total. The lowest BCUT2D eigenvalue weighted by Crippen LogP contribution is -2.20. The van der Waals surface area contributed by atoms with Gasteiger partial charge in [-0.1, -0.05) is 30.3 Å². The van der Waals surface area contributed by atoms with Crippen molar-refractivity contribution in [1.82, 2.24) is 0 Å². The van der Waals surface area contributed by atoms with Crippen molar-refractivity contribution in [2.45, 2.75) is 12.5 Å². The maximum atomic E-state index is 11.7. The molecule has 0 saturated heterocycles. The standard InChI is InChI=1S/C16H14INO2/c1-18-14-7-6-10(8-11(14)9-15(18)19)16(20)12-4-2-3-5-13(12)17/h2-8,16,20H,9H2,1H3. The number of aliphatic hydroxyl groups excluding tert-OH is 1. The van der Waals surface area contributed by atoms with Crippen LogP contribution in [0.5, 0.6) is 0 Å². The van der Waals surface area contributed by atoms with Gasteiger partial charge in [0.2, 0.25) is 5.91 Å². The maximum absolute atomic E-state index is 11.7. The number of amides is 1. The van der Waals surface area contributed by atoms with E-state index in [9.17, 15) is 9.90 Å². The molecule has 1 aliphatic heterocycles. The van der Waals surface area contributed by atoms with Crippen molar-refractivity contribution in [2.75, 3.05) is 11.9 Å². The summed E-state index contributed by atoms with van der Waals surface area (Å²) in [4.78, 5) is 13.4. The van der Waals surface area contributed by atoms with E-state index in [4.69, 9.17) is 0 Å². The second kappa shape index (κ2) is 5.18. The quantitative estimate of drug-likeness (QED) is 0.816.